The van der Waals surface area contributed by atoms with Gasteiger partial charge in [-0.15, -0.1) is 0 Å². The van der Waals surface area contributed by atoms with Gasteiger partial charge in [-0.1, -0.05) is 11.2 Å². The van der Waals surface area contributed by atoms with E-state index in [2.05, 4.69) is 15.2 Å². The number of hydrogen-bond acceptors (Lipinski definition) is 5. The van der Waals surface area contributed by atoms with Crippen LogP contribution in [0.3, 0.4) is 0 Å². The summed E-state index contributed by atoms with van der Waals surface area (Å²) in [7, 11) is 0. The molecule has 0 saturated heterocycles. The molecule has 0 unspecified atom stereocenters. The normalized spacial score (nSPS) is 16.3. The summed E-state index contributed by atoms with van der Waals surface area (Å²) in [5, 5.41) is 8.01. The van der Waals surface area contributed by atoms with E-state index in [0.717, 1.165) is 23.9 Å². The van der Waals surface area contributed by atoms with Crippen LogP contribution in [0.4, 0.5) is 8.78 Å². The Morgan fingerprint density at radius 1 is 1.17 bits per heavy atom. The monoisotopic (exact) mass is 317 g/mol. The van der Waals surface area contributed by atoms with E-state index in [1.807, 2.05) is 0 Å². The molecular weight excluding hydrogens is 304 g/mol. The molecule has 23 heavy (non-hydrogen) atoms. The molecule has 1 aliphatic carbocycles. The summed E-state index contributed by atoms with van der Waals surface area (Å²) in [6.45, 7) is 0. The minimum atomic E-state index is -0.707. The average Bonchev–Trinajstić information content (AvgIpc) is 3.13. The highest BCUT2D eigenvalue weighted by Gasteiger charge is 2.39. The number of nitrogens with two attached hydrogens (primary N) is 1. The Hall–Kier alpha value is -2.61. The van der Waals surface area contributed by atoms with Gasteiger partial charge in [-0.3, -0.25) is 0 Å². The number of halogens is 2. The summed E-state index contributed by atoms with van der Waals surface area (Å²) >= 11 is 0. The third kappa shape index (κ3) is 2.22. The molecule has 8 heteroatoms. The van der Waals surface area contributed by atoms with E-state index in [9.17, 15) is 8.78 Å². The molecule has 2 heterocycles. The highest BCUT2D eigenvalue weighted by atomic mass is 19.1. The van der Waals surface area contributed by atoms with Gasteiger partial charge in [-0.2, -0.15) is 10.1 Å². The quantitative estimate of drug-likeness (QED) is 0.802. The summed E-state index contributed by atoms with van der Waals surface area (Å²) in [6.07, 6.45) is 4.07. The zero-order valence-electron chi connectivity index (χ0n) is 12.0. The van der Waals surface area contributed by atoms with Gasteiger partial charge in [0.15, 0.2) is 23.2 Å². The van der Waals surface area contributed by atoms with Gasteiger partial charge >= 0.3 is 0 Å². The van der Waals surface area contributed by atoms with E-state index < -0.39 is 17.2 Å². The number of benzene rings is 1. The standard InChI is InChI=1S/C15H13F2N5O/c16-9-3-1-4-10(17)12(9)22-8-5-11(20-22)13-19-14(21-23-13)15(18)6-2-7-15/h1,3-5,8H,2,6-7,18H2. The zero-order chi connectivity index (χ0) is 16.0. The first-order chi connectivity index (χ1) is 11.1. The molecule has 6 nitrogen and oxygen atoms in total. The van der Waals surface area contributed by atoms with Gasteiger partial charge in [0.25, 0.3) is 5.89 Å². The second-order valence-corrected chi connectivity index (χ2v) is 5.65. The molecule has 0 radical (unpaired) electrons. The van der Waals surface area contributed by atoms with Crippen LogP contribution in [0.25, 0.3) is 17.3 Å². The lowest BCUT2D eigenvalue weighted by Gasteiger charge is -2.34. The molecule has 2 aromatic heterocycles. The number of aromatic nitrogens is 4. The highest BCUT2D eigenvalue weighted by Crippen LogP contribution is 2.37. The van der Waals surface area contributed by atoms with E-state index in [-0.39, 0.29) is 11.6 Å². The SMILES string of the molecule is NC1(c2noc(-c3ccn(-c4c(F)cccc4F)n3)n2)CCC1. The molecule has 1 saturated carbocycles. The van der Waals surface area contributed by atoms with Crippen LogP contribution < -0.4 is 5.73 Å². The fourth-order valence-corrected chi connectivity index (χ4v) is 2.58. The first-order valence-corrected chi connectivity index (χ1v) is 7.20. The molecule has 1 fully saturated rings. The highest BCUT2D eigenvalue weighted by molar-refractivity contribution is 5.47. The number of rotatable bonds is 3. The third-order valence-electron chi connectivity index (χ3n) is 4.09. The van der Waals surface area contributed by atoms with Crippen molar-refractivity contribution in [1.82, 2.24) is 19.9 Å². The van der Waals surface area contributed by atoms with Crippen LogP contribution >= 0.6 is 0 Å². The van der Waals surface area contributed by atoms with Gasteiger partial charge in [0.1, 0.15) is 5.69 Å². The molecule has 0 bridgehead atoms. The molecule has 1 aliphatic rings. The van der Waals surface area contributed by atoms with Crippen molar-refractivity contribution in [2.24, 2.45) is 5.73 Å². The van der Waals surface area contributed by atoms with E-state index in [1.54, 1.807) is 6.07 Å². The Bertz CT molecular complexity index is 848. The first kappa shape index (κ1) is 14.0. The Morgan fingerprint density at radius 2 is 1.91 bits per heavy atom. The number of hydrogen-bond donors (Lipinski definition) is 1. The molecule has 0 spiro atoms. The van der Waals surface area contributed by atoms with Crippen molar-refractivity contribution < 1.29 is 13.3 Å². The minimum Gasteiger partial charge on any atom is -0.332 e. The van der Waals surface area contributed by atoms with Gasteiger partial charge in [0, 0.05) is 6.20 Å². The Labute approximate surface area is 129 Å². The lowest BCUT2D eigenvalue weighted by molar-refractivity contribution is 0.229. The maximum atomic E-state index is 13.8. The minimum absolute atomic E-state index is 0.173. The lowest BCUT2D eigenvalue weighted by atomic mass is 9.77. The summed E-state index contributed by atoms with van der Waals surface area (Å²) < 4.78 is 33.9. The Balaban J connectivity index is 1.69. The molecule has 0 amide bonds. The van der Waals surface area contributed by atoms with Crippen LogP contribution in [0.5, 0.6) is 0 Å². The van der Waals surface area contributed by atoms with Crippen molar-refractivity contribution >= 4 is 0 Å². The van der Waals surface area contributed by atoms with Crippen molar-refractivity contribution in [2.45, 2.75) is 24.8 Å². The Morgan fingerprint density at radius 3 is 2.57 bits per heavy atom. The van der Waals surface area contributed by atoms with Crippen LogP contribution in [0.15, 0.2) is 35.0 Å². The topological polar surface area (TPSA) is 82.8 Å². The van der Waals surface area contributed by atoms with Gasteiger partial charge in [0.05, 0.1) is 5.54 Å². The van der Waals surface area contributed by atoms with Crippen molar-refractivity contribution in [2.75, 3.05) is 0 Å². The second kappa shape index (κ2) is 4.95. The van der Waals surface area contributed by atoms with Crippen molar-refractivity contribution in [3.63, 3.8) is 0 Å². The van der Waals surface area contributed by atoms with E-state index in [1.165, 1.54) is 24.4 Å². The van der Waals surface area contributed by atoms with Gasteiger partial charge in [-0.05, 0) is 37.5 Å². The number of para-hydroxylation sites is 1. The first-order valence-electron chi connectivity index (χ1n) is 7.20. The largest absolute Gasteiger partial charge is 0.332 e. The van der Waals surface area contributed by atoms with Crippen LogP contribution in [0.1, 0.15) is 25.1 Å². The van der Waals surface area contributed by atoms with Crippen LogP contribution in [0.2, 0.25) is 0 Å². The summed E-state index contributed by atoms with van der Waals surface area (Å²) in [5.74, 6) is -0.805. The summed E-state index contributed by atoms with van der Waals surface area (Å²) in [4.78, 5) is 4.26. The maximum Gasteiger partial charge on any atom is 0.278 e. The van der Waals surface area contributed by atoms with E-state index in [4.69, 9.17) is 10.3 Å². The second-order valence-electron chi connectivity index (χ2n) is 5.65. The van der Waals surface area contributed by atoms with Crippen molar-refractivity contribution in [3.05, 3.63) is 47.9 Å². The predicted octanol–water partition coefficient (Wildman–Crippen LogP) is 2.54. The number of nitrogens with zero attached hydrogens (tertiary/aromatic N) is 4. The van der Waals surface area contributed by atoms with E-state index in [0.29, 0.717) is 11.5 Å². The predicted molar refractivity (Wildman–Crippen MR) is 76.5 cm³/mol. The average molecular weight is 317 g/mol. The molecule has 0 atom stereocenters. The van der Waals surface area contributed by atoms with Crippen LogP contribution in [-0.4, -0.2) is 19.9 Å². The lowest BCUT2D eigenvalue weighted by Crippen LogP contribution is -2.44. The molecule has 118 valence electrons. The van der Waals surface area contributed by atoms with Crippen molar-refractivity contribution in [1.29, 1.82) is 0 Å². The van der Waals surface area contributed by atoms with Crippen LogP contribution in [-0.2, 0) is 5.54 Å². The molecule has 0 aliphatic heterocycles. The molecule has 2 N–H and O–H groups in total. The molecule has 1 aromatic carbocycles. The smallest absolute Gasteiger partial charge is 0.278 e. The third-order valence-corrected chi connectivity index (χ3v) is 4.09. The maximum absolute atomic E-state index is 13.8. The van der Waals surface area contributed by atoms with Crippen molar-refractivity contribution in [3.8, 4) is 17.3 Å². The Kier molecular flexibility index (Phi) is 3.02. The van der Waals surface area contributed by atoms with Crippen LogP contribution in [0, 0.1) is 11.6 Å². The van der Waals surface area contributed by atoms with E-state index >= 15 is 0 Å². The van der Waals surface area contributed by atoms with Gasteiger partial charge in [0.2, 0.25) is 0 Å². The fraction of sp³-hybridized carbons (Fsp3) is 0.267. The molecule has 3 aromatic rings. The van der Waals surface area contributed by atoms with Gasteiger partial charge < -0.3 is 10.3 Å². The van der Waals surface area contributed by atoms with Gasteiger partial charge in [-0.25, -0.2) is 13.5 Å². The summed E-state index contributed by atoms with van der Waals surface area (Å²) in [6, 6.07) is 5.17. The summed E-state index contributed by atoms with van der Waals surface area (Å²) in [5.41, 5.74) is 5.67. The molecular formula is C15H13F2N5O. The zero-order valence-corrected chi connectivity index (χ0v) is 12.0. The fourth-order valence-electron chi connectivity index (χ4n) is 2.58. The molecule has 4 rings (SSSR count).